The minimum Gasteiger partial charge on any atom is -0.375 e. The summed E-state index contributed by atoms with van der Waals surface area (Å²) in [6, 6.07) is 0. The van der Waals surface area contributed by atoms with Crippen molar-refractivity contribution in [2.75, 3.05) is 13.2 Å². The van der Waals surface area contributed by atoms with Gasteiger partial charge in [-0.3, -0.25) is 0 Å². The Morgan fingerprint density at radius 1 is 0.826 bits per heavy atom. The fourth-order valence-corrected chi connectivity index (χ4v) is 4.61. The summed E-state index contributed by atoms with van der Waals surface area (Å²) >= 11 is 2.57. The molecule has 0 radical (unpaired) electrons. The van der Waals surface area contributed by atoms with Crippen LogP contribution < -0.4 is 0 Å². The topological polar surface area (TPSA) is 27.7 Å². The lowest BCUT2D eigenvalue weighted by atomic mass is 10.1. The van der Waals surface area contributed by atoms with Gasteiger partial charge in [0.2, 0.25) is 0 Å². The molecule has 0 fully saturated rings. The molecule has 3 nitrogen and oxygen atoms in total. The van der Waals surface area contributed by atoms with Gasteiger partial charge in [0, 0.05) is 9.97 Å². The van der Waals surface area contributed by atoms with E-state index in [9.17, 15) is 0 Å². The highest BCUT2D eigenvalue weighted by Gasteiger charge is 2.32. The highest BCUT2D eigenvalue weighted by atomic mass is 127. The molecule has 0 spiro atoms. The largest absolute Gasteiger partial charge is 0.375 e. The lowest BCUT2D eigenvalue weighted by Gasteiger charge is -2.34. The van der Waals surface area contributed by atoms with Gasteiger partial charge in [0.1, 0.15) is 0 Å². The number of halogens is 1. The van der Waals surface area contributed by atoms with Gasteiger partial charge < -0.3 is 13.9 Å². The van der Waals surface area contributed by atoms with Gasteiger partial charge >= 0.3 is 0 Å². The van der Waals surface area contributed by atoms with Crippen LogP contribution in [0.15, 0.2) is 0 Å². The molecule has 0 saturated heterocycles. The third-order valence-corrected chi connectivity index (χ3v) is 6.79. The average molecular weight is 458 g/mol. The highest BCUT2D eigenvalue weighted by Crippen LogP contribution is 2.24. The van der Waals surface area contributed by atoms with Gasteiger partial charge in [-0.25, -0.2) is 0 Å². The third kappa shape index (κ3) is 12.8. The Hall–Kier alpha value is 0.827. The van der Waals surface area contributed by atoms with Crippen LogP contribution in [0.4, 0.5) is 0 Å². The first kappa shape index (κ1) is 23.8. The van der Waals surface area contributed by atoms with Crippen molar-refractivity contribution in [1.82, 2.24) is 0 Å². The summed E-state index contributed by atoms with van der Waals surface area (Å²) in [7, 11) is -0.647. The van der Waals surface area contributed by atoms with Crippen molar-refractivity contribution in [3.05, 3.63) is 0 Å². The quantitative estimate of drug-likeness (QED) is 0.0945. The van der Waals surface area contributed by atoms with Crippen LogP contribution in [-0.2, 0) is 13.9 Å². The maximum absolute atomic E-state index is 6.30. The molecule has 0 amide bonds. The summed E-state index contributed by atoms with van der Waals surface area (Å²) in [5.74, 6) is -0.765. The maximum Gasteiger partial charge on any atom is 0.272 e. The second-order valence-electron chi connectivity index (χ2n) is 6.24. The fraction of sp³-hybridized carbons (Fsp3) is 1.00. The van der Waals surface area contributed by atoms with Gasteiger partial charge in [0.05, 0.1) is 13.2 Å². The van der Waals surface area contributed by atoms with Gasteiger partial charge in [-0.05, 0) is 25.7 Å². The molecule has 5 heteroatoms. The minimum atomic E-state index is -0.765. The lowest BCUT2D eigenvalue weighted by molar-refractivity contribution is -0.348. The van der Waals surface area contributed by atoms with E-state index in [0.717, 1.165) is 25.7 Å². The number of hydrogen-bond acceptors (Lipinski definition) is 3. The average Bonchev–Trinajstić information content (AvgIpc) is 2.56. The van der Waals surface area contributed by atoms with Crippen LogP contribution in [0.1, 0.15) is 91.9 Å². The van der Waals surface area contributed by atoms with Crippen molar-refractivity contribution in [2.24, 2.45) is 0 Å². The van der Waals surface area contributed by atoms with Crippen LogP contribution in [0.25, 0.3) is 0 Å². The zero-order valence-electron chi connectivity index (χ0n) is 15.9. The fourth-order valence-electron chi connectivity index (χ4n) is 2.43. The highest BCUT2D eigenvalue weighted by molar-refractivity contribution is 14.1. The normalized spacial score (nSPS) is 14.0. The molecule has 0 aliphatic rings. The molecule has 0 aromatic rings. The Balaban J connectivity index is 4.26. The number of rotatable bonds is 17. The van der Waals surface area contributed by atoms with Crippen LogP contribution >= 0.6 is 22.6 Å². The van der Waals surface area contributed by atoms with E-state index in [1.165, 1.54) is 38.5 Å². The van der Waals surface area contributed by atoms with Crippen LogP contribution in [0.2, 0.25) is 0 Å². The molecule has 0 heterocycles. The Labute approximate surface area is 160 Å². The summed E-state index contributed by atoms with van der Waals surface area (Å²) in [4.78, 5) is 0. The molecule has 0 aliphatic heterocycles. The van der Waals surface area contributed by atoms with Crippen LogP contribution in [0, 0.1) is 0 Å². The molecule has 0 bridgehead atoms. The van der Waals surface area contributed by atoms with E-state index in [0.29, 0.717) is 16.8 Å². The zero-order valence-corrected chi connectivity index (χ0v) is 19.4. The van der Waals surface area contributed by atoms with Crippen LogP contribution in [0.5, 0.6) is 0 Å². The third-order valence-electron chi connectivity index (χ3n) is 3.71. The molecular weight excluding hydrogens is 419 g/mol. The second kappa shape index (κ2) is 16.3. The van der Waals surface area contributed by atoms with Crippen LogP contribution in [-0.4, -0.2) is 32.5 Å². The molecular formula is C18H39IO3Si. The van der Waals surface area contributed by atoms with E-state index in [1.54, 1.807) is 0 Å². The lowest BCUT2D eigenvalue weighted by Crippen LogP contribution is -2.42. The van der Waals surface area contributed by atoms with E-state index in [1.807, 2.05) is 0 Å². The molecule has 0 rings (SSSR count). The van der Waals surface area contributed by atoms with Gasteiger partial charge in [-0.15, -0.1) is 0 Å². The first-order chi connectivity index (χ1) is 11.1. The molecule has 0 aromatic carbocycles. The molecule has 1 atom stereocenters. The first-order valence-electron chi connectivity index (χ1n) is 9.70. The second-order valence-corrected chi connectivity index (χ2v) is 11.3. The van der Waals surface area contributed by atoms with E-state index < -0.39 is 15.7 Å². The zero-order chi connectivity index (χ0) is 17.4. The van der Waals surface area contributed by atoms with Crippen molar-refractivity contribution in [2.45, 2.75) is 101 Å². The van der Waals surface area contributed by atoms with E-state index in [2.05, 4.69) is 50.3 Å². The van der Waals surface area contributed by atoms with Crippen molar-refractivity contribution >= 4 is 32.4 Å². The summed E-state index contributed by atoms with van der Waals surface area (Å²) in [6.45, 7) is 10.1. The standard InChI is InChI=1S/C18H39IO3Si/c1-5-9-10-11-12-13-17(19)23-22-18(14-6-2,20-15-7-3)21-16-8-4/h17H,5-16,23H2,1-4H3. The summed E-state index contributed by atoms with van der Waals surface area (Å²) < 4.78 is 19.0. The van der Waals surface area contributed by atoms with Crippen LogP contribution in [0.3, 0.4) is 0 Å². The van der Waals surface area contributed by atoms with Gasteiger partial charge in [0.25, 0.3) is 5.97 Å². The van der Waals surface area contributed by atoms with Crippen molar-refractivity contribution < 1.29 is 13.9 Å². The summed E-state index contributed by atoms with van der Waals surface area (Å²) in [5.41, 5.74) is 0. The number of alkyl halides is 1. The van der Waals surface area contributed by atoms with E-state index in [4.69, 9.17) is 13.9 Å². The Morgan fingerprint density at radius 2 is 1.43 bits per heavy atom. The Bertz CT molecular complexity index is 246. The predicted molar refractivity (Wildman–Crippen MR) is 111 cm³/mol. The van der Waals surface area contributed by atoms with Gasteiger partial charge in [0.15, 0.2) is 9.76 Å². The van der Waals surface area contributed by atoms with Crippen molar-refractivity contribution in [3.63, 3.8) is 0 Å². The first-order valence-corrected chi connectivity index (χ1v) is 12.3. The van der Waals surface area contributed by atoms with Crippen molar-refractivity contribution in [3.8, 4) is 0 Å². The summed E-state index contributed by atoms with van der Waals surface area (Å²) in [6.07, 6.45) is 11.9. The molecule has 1 unspecified atom stereocenters. The predicted octanol–water partition coefficient (Wildman–Crippen LogP) is 5.52. The molecule has 140 valence electrons. The van der Waals surface area contributed by atoms with Gasteiger partial charge in [-0.1, -0.05) is 82.4 Å². The smallest absolute Gasteiger partial charge is 0.272 e. The Kier molecular flexibility index (Phi) is 16.9. The number of unbranched alkanes of at least 4 members (excludes halogenated alkanes) is 4. The van der Waals surface area contributed by atoms with E-state index >= 15 is 0 Å². The molecule has 0 saturated carbocycles. The maximum atomic E-state index is 6.30. The monoisotopic (exact) mass is 458 g/mol. The Morgan fingerprint density at radius 3 is 1.96 bits per heavy atom. The van der Waals surface area contributed by atoms with Crippen molar-refractivity contribution in [1.29, 1.82) is 0 Å². The van der Waals surface area contributed by atoms with Gasteiger partial charge in [-0.2, -0.15) is 0 Å². The molecule has 0 N–H and O–H groups in total. The summed E-state index contributed by atoms with van der Waals surface area (Å²) in [5, 5.41) is 0. The molecule has 0 aliphatic carbocycles. The molecule has 0 aromatic heterocycles. The number of ether oxygens (including phenoxy) is 2. The number of hydrogen-bond donors (Lipinski definition) is 0. The van der Waals surface area contributed by atoms with E-state index in [-0.39, 0.29) is 0 Å². The molecule has 23 heavy (non-hydrogen) atoms. The minimum absolute atomic E-state index is 0.647. The SMILES string of the molecule is CCCCCCCC(I)[SiH2]OC(CCC)(OCCC)OCCC.